The van der Waals surface area contributed by atoms with Gasteiger partial charge in [-0.05, 0) is 38.6 Å². The van der Waals surface area contributed by atoms with E-state index in [1.807, 2.05) is 13.1 Å². The minimum absolute atomic E-state index is 0.786. The average molecular weight is 258 g/mol. The molecule has 1 aromatic carbocycles. The van der Waals surface area contributed by atoms with Crippen LogP contribution in [0.15, 0.2) is 34.9 Å². The summed E-state index contributed by atoms with van der Waals surface area (Å²) in [4.78, 5) is 2.23. The zero-order valence-corrected chi connectivity index (χ0v) is 12.2. The number of nitrogens with zero attached hydrogens (tertiary/aromatic N) is 1. The number of rotatable bonds is 5. The Balaban J connectivity index is 2.16. The van der Waals surface area contributed by atoms with E-state index in [1.165, 1.54) is 22.4 Å². The third kappa shape index (κ3) is 3.18. The van der Waals surface area contributed by atoms with Gasteiger partial charge < -0.3 is 14.6 Å². The summed E-state index contributed by atoms with van der Waals surface area (Å²) in [7, 11) is 4.05. The lowest BCUT2D eigenvalue weighted by Crippen LogP contribution is -2.18. The lowest BCUT2D eigenvalue weighted by atomic mass is 10.1. The first-order valence-electron chi connectivity index (χ1n) is 6.60. The third-order valence-corrected chi connectivity index (χ3v) is 3.35. The number of hydrogen-bond donors (Lipinski definition) is 1. The van der Waals surface area contributed by atoms with Crippen LogP contribution < -0.4 is 10.2 Å². The Morgan fingerprint density at radius 2 is 2.00 bits per heavy atom. The molecule has 1 heterocycles. The Morgan fingerprint density at radius 1 is 1.21 bits per heavy atom. The molecule has 0 bridgehead atoms. The van der Waals surface area contributed by atoms with Gasteiger partial charge in [-0.3, -0.25) is 0 Å². The van der Waals surface area contributed by atoms with E-state index in [0.717, 1.165) is 18.8 Å². The monoisotopic (exact) mass is 258 g/mol. The summed E-state index contributed by atoms with van der Waals surface area (Å²) < 4.78 is 5.59. The van der Waals surface area contributed by atoms with Crippen LogP contribution >= 0.6 is 0 Å². The molecule has 0 amide bonds. The fraction of sp³-hybridized carbons (Fsp3) is 0.375. The summed E-state index contributed by atoms with van der Waals surface area (Å²) in [5.74, 6) is 1.02. The van der Waals surface area contributed by atoms with Crippen LogP contribution in [0, 0.1) is 13.8 Å². The highest BCUT2D eigenvalue weighted by atomic mass is 16.3. The maximum atomic E-state index is 5.59. The molecule has 1 aromatic heterocycles. The summed E-state index contributed by atoms with van der Waals surface area (Å²) in [6.07, 6.45) is 1.76. The van der Waals surface area contributed by atoms with Crippen LogP contribution in [0.4, 0.5) is 5.69 Å². The number of anilines is 1. The van der Waals surface area contributed by atoms with Gasteiger partial charge in [0.25, 0.3) is 0 Å². The highest BCUT2D eigenvalue weighted by Crippen LogP contribution is 2.23. The maximum Gasteiger partial charge on any atom is 0.127 e. The molecule has 0 fully saturated rings. The van der Waals surface area contributed by atoms with Gasteiger partial charge in [-0.1, -0.05) is 17.7 Å². The summed E-state index contributed by atoms with van der Waals surface area (Å²) in [5, 5.41) is 3.16. The van der Waals surface area contributed by atoms with Crippen LogP contribution in [0.25, 0.3) is 0 Å². The molecule has 102 valence electrons. The van der Waals surface area contributed by atoms with E-state index in [2.05, 4.69) is 49.3 Å². The molecule has 3 heteroatoms. The van der Waals surface area contributed by atoms with Crippen molar-refractivity contribution in [2.24, 2.45) is 0 Å². The van der Waals surface area contributed by atoms with E-state index >= 15 is 0 Å². The van der Waals surface area contributed by atoms with Gasteiger partial charge in [0.05, 0.1) is 12.8 Å². The second-order valence-electron chi connectivity index (χ2n) is 5.05. The van der Waals surface area contributed by atoms with Gasteiger partial charge in [-0.2, -0.15) is 0 Å². The van der Waals surface area contributed by atoms with E-state index in [4.69, 9.17) is 4.42 Å². The van der Waals surface area contributed by atoms with Crippen molar-refractivity contribution in [3.63, 3.8) is 0 Å². The number of aryl methyl sites for hydroxylation is 2. The number of furan rings is 1. The zero-order chi connectivity index (χ0) is 13.8. The van der Waals surface area contributed by atoms with Gasteiger partial charge in [-0.25, -0.2) is 0 Å². The van der Waals surface area contributed by atoms with Crippen molar-refractivity contribution >= 4 is 5.69 Å². The van der Waals surface area contributed by atoms with Crippen LogP contribution in [0.2, 0.25) is 0 Å². The molecule has 0 atom stereocenters. The van der Waals surface area contributed by atoms with Crippen molar-refractivity contribution in [2.75, 3.05) is 19.0 Å². The Bertz CT molecular complexity index is 545. The van der Waals surface area contributed by atoms with Gasteiger partial charge in [0.2, 0.25) is 0 Å². The lowest BCUT2D eigenvalue weighted by molar-refractivity contribution is 0.501. The Kier molecular flexibility index (Phi) is 4.27. The van der Waals surface area contributed by atoms with Gasteiger partial charge >= 0.3 is 0 Å². The number of benzene rings is 1. The molecule has 0 unspecified atom stereocenters. The Labute approximate surface area is 115 Å². The molecular formula is C16H22N2O. The molecule has 0 saturated carbocycles. The first-order valence-corrected chi connectivity index (χ1v) is 6.60. The smallest absolute Gasteiger partial charge is 0.127 e. The zero-order valence-electron chi connectivity index (χ0n) is 12.2. The molecule has 2 aromatic rings. The van der Waals surface area contributed by atoms with Gasteiger partial charge in [0, 0.05) is 24.8 Å². The van der Waals surface area contributed by atoms with Crippen LogP contribution in [0.1, 0.15) is 22.5 Å². The van der Waals surface area contributed by atoms with Crippen molar-refractivity contribution < 1.29 is 4.42 Å². The highest BCUT2D eigenvalue weighted by molar-refractivity contribution is 5.54. The first-order chi connectivity index (χ1) is 9.11. The Morgan fingerprint density at radius 3 is 2.68 bits per heavy atom. The number of nitrogens with one attached hydrogen (secondary N) is 1. The number of hydrogen-bond acceptors (Lipinski definition) is 3. The van der Waals surface area contributed by atoms with E-state index in [-0.39, 0.29) is 0 Å². The second-order valence-corrected chi connectivity index (χ2v) is 5.05. The van der Waals surface area contributed by atoms with Crippen molar-refractivity contribution in [2.45, 2.75) is 26.9 Å². The van der Waals surface area contributed by atoms with Crippen molar-refractivity contribution in [3.8, 4) is 0 Å². The maximum absolute atomic E-state index is 5.59. The van der Waals surface area contributed by atoms with Crippen molar-refractivity contribution in [1.29, 1.82) is 0 Å². The summed E-state index contributed by atoms with van der Waals surface area (Å²) >= 11 is 0. The van der Waals surface area contributed by atoms with Gasteiger partial charge in [0.15, 0.2) is 0 Å². The predicted octanol–water partition coefficient (Wildman–Crippen LogP) is 3.25. The highest BCUT2D eigenvalue weighted by Gasteiger charge is 2.11. The summed E-state index contributed by atoms with van der Waals surface area (Å²) in [5.41, 5.74) is 5.06. The summed E-state index contributed by atoms with van der Waals surface area (Å²) in [6.45, 7) is 5.89. The normalized spacial score (nSPS) is 10.7. The van der Waals surface area contributed by atoms with Crippen LogP contribution in [-0.4, -0.2) is 14.1 Å². The molecule has 0 aliphatic rings. The van der Waals surface area contributed by atoms with Crippen molar-refractivity contribution in [3.05, 3.63) is 53.0 Å². The molecule has 0 radical (unpaired) electrons. The molecule has 0 saturated heterocycles. The largest absolute Gasteiger partial charge is 0.467 e. The molecule has 0 aliphatic heterocycles. The van der Waals surface area contributed by atoms with Crippen molar-refractivity contribution in [1.82, 2.24) is 5.32 Å². The summed E-state index contributed by atoms with van der Waals surface area (Å²) in [6, 6.07) is 8.56. The molecule has 0 aliphatic carbocycles. The fourth-order valence-corrected chi connectivity index (χ4v) is 2.39. The van der Waals surface area contributed by atoms with E-state index in [9.17, 15) is 0 Å². The molecule has 2 rings (SSSR count). The molecule has 1 N–H and O–H groups in total. The topological polar surface area (TPSA) is 28.4 Å². The van der Waals surface area contributed by atoms with Gasteiger partial charge in [-0.15, -0.1) is 0 Å². The Hall–Kier alpha value is -1.74. The molecule has 19 heavy (non-hydrogen) atoms. The molecular weight excluding hydrogens is 236 g/mol. The van der Waals surface area contributed by atoms with E-state index in [1.54, 1.807) is 6.26 Å². The standard InChI is InChI=1S/C16H22N2O/c1-12-5-6-15(13(2)9-12)18(4)11-16-14(10-17-3)7-8-19-16/h5-9,17H,10-11H2,1-4H3. The minimum atomic E-state index is 0.786. The molecule has 0 spiro atoms. The first kappa shape index (κ1) is 13.7. The van der Waals surface area contributed by atoms with Gasteiger partial charge in [0.1, 0.15) is 5.76 Å². The van der Waals surface area contributed by atoms with Crippen LogP contribution in [0.3, 0.4) is 0 Å². The minimum Gasteiger partial charge on any atom is -0.467 e. The van der Waals surface area contributed by atoms with Crippen LogP contribution in [0.5, 0.6) is 0 Å². The van der Waals surface area contributed by atoms with Crippen LogP contribution in [-0.2, 0) is 13.1 Å². The second kappa shape index (κ2) is 5.93. The quantitative estimate of drug-likeness (QED) is 0.892. The predicted molar refractivity (Wildman–Crippen MR) is 79.5 cm³/mol. The molecule has 3 nitrogen and oxygen atoms in total. The lowest BCUT2D eigenvalue weighted by Gasteiger charge is -2.21. The van der Waals surface area contributed by atoms with E-state index in [0.29, 0.717) is 0 Å². The fourth-order valence-electron chi connectivity index (χ4n) is 2.39. The third-order valence-electron chi connectivity index (χ3n) is 3.35. The van der Waals surface area contributed by atoms with E-state index < -0.39 is 0 Å². The average Bonchev–Trinajstić information content (AvgIpc) is 2.77. The SMILES string of the molecule is CNCc1ccoc1CN(C)c1ccc(C)cc1C.